The fraction of sp³-hybridized carbons (Fsp3) is 0.348. The van der Waals surface area contributed by atoms with Crippen molar-refractivity contribution in [2.45, 2.75) is 6.92 Å². The highest BCUT2D eigenvalue weighted by Gasteiger charge is 2.20. The number of nitrogens with zero attached hydrogens (tertiary/aromatic N) is 6. The molecule has 0 unspecified atom stereocenters. The van der Waals surface area contributed by atoms with Crippen LogP contribution in [0.25, 0.3) is 27.5 Å². The molecule has 0 spiro atoms. The number of anilines is 1. The van der Waals surface area contributed by atoms with Gasteiger partial charge in [-0.15, -0.1) is 0 Å². The summed E-state index contributed by atoms with van der Waals surface area (Å²) in [5, 5.41) is 15.3. The van der Waals surface area contributed by atoms with E-state index in [1.165, 1.54) is 5.69 Å². The van der Waals surface area contributed by atoms with Crippen molar-refractivity contribution < 1.29 is 9.47 Å². The van der Waals surface area contributed by atoms with Crippen molar-refractivity contribution >= 4 is 27.5 Å². The highest BCUT2D eigenvalue weighted by molar-refractivity contribution is 5.96. The monoisotopic (exact) mass is 418 g/mol. The van der Waals surface area contributed by atoms with Gasteiger partial charge in [-0.2, -0.15) is 15.3 Å². The Balaban J connectivity index is 1.61. The van der Waals surface area contributed by atoms with Crippen molar-refractivity contribution in [2.24, 2.45) is 0 Å². The number of ether oxygens (including phenoxy) is 2. The first kappa shape index (κ1) is 19.6. The van der Waals surface area contributed by atoms with Crippen LogP contribution in [0, 0.1) is 0 Å². The van der Waals surface area contributed by atoms with Crippen LogP contribution in [0.5, 0.6) is 11.5 Å². The van der Waals surface area contributed by atoms with Crippen LogP contribution in [-0.2, 0) is 0 Å². The normalized spacial score (nSPS) is 15.0. The molecule has 0 aliphatic carbocycles. The highest BCUT2D eigenvalue weighted by Crippen LogP contribution is 2.35. The van der Waals surface area contributed by atoms with Crippen LogP contribution in [0.2, 0.25) is 0 Å². The Kier molecular flexibility index (Phi) is 5.07. The second-order valence-electron chi connectivity index (χ2n) is 7.64. The quantitative estimate of drug-likeness (QED) is 0.493. The van der Waals surface area contributed by atoms with Crippen molar-refractivity contribution in [1.29, 1.82) is 0 Å². The Morgan fingerprint density at radius 3 is 2.42 bits per heavy atom. The molecule has 4 aromatic rings. The molecule has 0 saturated carbocycles. The van der Waals surface area contributed by atoms with Gasteiger partial charge in [0.2, 0.25) is 0 Å². The topological polar surface area (TPSA) is 68.5 Å². The van der Waals surface area contributed by atoms with Crippen molar-refractivity contribution in [3.63, 3.8) is 0 Å². The maximum Gasteiger partial charge on any atom is 0.162 e. The second kappa shape index (κ2) is 8.03. The summed E-state index contributed by atoms with van der Waals surface area (Å²) in [5.74, 6) is 1.27. The molecular formula is C23H26N6O2. The first-order chi connectivity index (χ1) is 15.2. The minimum Gasteiger partial charge on any atom is -0.493 e. The minimum atomic E-state index is 0.625. The molecule has 0 amide bonds. The third-order valence-electron chi connectivity index (χ3n) is 6.10. The fourth-order valence-corrected chi connectivity index (χ4v) is 4.35. The molecular weight excluding hydrogens is 392 g/mol. The highest BCUT2D eigenvalue weighted by atomic mass is 16.5. The molecule has 8 heteroatoms. The molecule has 2 aromatic carbocycles. The molecule has 0 bridgehead atoms. The summed E-state index contributed by atoms with van der Waals surface area (Å²) in [6, 6.07) is 10.2. The number of likely N-dealkylation sites (N-methyl/N-ethyl adjacent to an activating group) is 1. The van der Waals surface area contributed by atoms with Crippen molar-refractivity contribution in [3.05, 3.63) is 42.7 Å². The number of aromatic nitrogens is 4. The van der Waals surface area contributed by atoms with Gasteiger partial charge in [-0.3, -0.25) is 0 Å². The van der Waals surface area contributed by atoms with Crippen LogP contribution >= 0.6 is 0 Å². The minimum absolute atomic E-state index is 0.625. The Hall–Kier alpha value is -3.39. The Morgan fingerprint density at radius 1 is 0.903 bits per heavy atom. The SMILES string of the molecule is CCN1CCN(c2cccc3c2cnn3-c2cnnc3cc(OC)c(OC)cc23)CC1. The molecule has 1 saturated heterocycles. The zero-order valence-corrected chi connectivity index (χ0v) is 18.1. The molecule has 0 N–H and O–H groups in total. The second-order valence-corrected chi connectivity index (χ2v) is 7.64. The van der Waals surface area contributed by atoms with Gasteiger partial charge in [0.1, 0.15) is 0 Å². The van der Waals surface area contributed by atoms with Gasteiger partial charge in [0.25, 0.3) is 0 Å². The zero-order valence-electron chi connectivity index (χ0n) is 18.1. The molecule has 160 valence electrons. The van der Waals surface area contributed by atoms with Crippen molar-refractivity contribution in [2.75, 3.05) is 51.8 Å². The lowest BCUT2D eigenvalue weighted by Gasteiger charge is -2.35. The molecule has 1 fully saturated rings. The van der Waals surface area contributed by atoms with Crippen LogP contribution in [0.15, 0.2) is 42.7 Å². The van der Waals surface area contributed by atoms with Crippen LogP contribution in [-0.4, -0.2) is 71.8 Å². The van der Waals surface area contributed by atoms with E-state index < -0.39 is 0 Å². The van der Waals surface area contributed by atoms with Crippen molar-refractivity contribution in [3.8, 4) is 17.2 Å². The van der Waals surface area contributed by atoms with E-state index in [9.17, 15) is 0 Å². The van der Waals surface area contributed by atoms with E-state index in [-0.39, 0.29) is 0 Å². The van der Waals surface area contributed by atoms with Gasteiger partial charge in [0.15, 0.2) is 11.5 Å². The summed E-state index contributed by atoms with van der Waals surface area (Å²) in [6.45, 7) is 7.54. The largest absolute Gasteiger partial charge is 0.493 e. The molecule has 1 aliphatic heterocycles. The van der Waals surface area contributed by atoms with E-state index >= 15 is 0 Å². The van der Waals surface area contributed by atoms with Crippen molar-refractivity contribution in [1.82, 2.24) is 24.9 Å². The molecule has 3 heterocycles. The van der Waals surface area contributed by atoms with Gasteiger partial charge < -0.3 is 19.3 Å². The van der Waals surface area contributed by atoms with Gasteiger partial charge >= 0.3 is 0 Å². The maximum atomic E-state index is 5.51. The van der Waals surface area contributed by atoms with Gasteiger partial charge in [-0.1, -0.05) is 13.0 Å². The van der Waals surface area contributed by atoms with Crippen LogP contribution < -0.4 is 14.4 Å². The maximum absolute atomic E-state index is 5.51. The lowest BCUT2D eigenvalue weighted by atomic mass is 10.1. The Labute approximate surface area is 181 Å². The van der Waals surface area contributed by atoms with E-state index in [0.29, 0.717) is 11.5 Å². The molecule has 2 aromatic heterocycles. The molecule has 0 atom stereocenters. The van der Waals surface area contributed by atoms with E-state index in [4.69, 9.17) is 14.6 Å². The number of hydrogen-bond donors (Lipinski definition) is 0. The average Bonchev–Trinajstić information content (AvgIpc) is 3.27. The van der Waals surface area contributed by atoms with Gasteiger partial charge in [0, 0.05) is 48.7 Å². The lowest BCUT2D eigenvalue weighted by Crippen LogP contribution is -2.46. The molecule has 8 nitrogen and oxygen atoms in total. The lowest BCUT2D eigenvalue weighted by molar-refractivity contribution is 0.271. The summed E-state index contributed by atoms with van der Waals surface area (Å²) >= 11 is 0. The standard InChI is InChI=1S/C23H26N6O2/c1-4-27-8-10-28(11-9-27)19-6-5-7-20-17(19)14-25-29(20)21-15-24-26-18-13-23(31-3)22(30-2)12-16(18)21/h5-7,12-15H,4,8-11H2,1-3H3. The first-order valence-corrected chi connectivity index (χ1v) is 10.5. The Morgan fingerprint density at radius 2 is 1.68 bits per heavy atom. The van der Waals surface area contributed by atoms with Gasteiger partial charge in [0.05, 0.1) is 43.3 Å². The average molecular weight is 419 g/mol. The number of methoxy groups -OCH3 is 2. The molecule has 5 rings (SSSR count). The van der Waals surface area contributed by atoms with Gasteiger partial charge in [-0.05, 0) is 24.7 Å². The number of hydrogen-bond acceptors (Lipinski definition) is 7. The third-order valence-corrected chi connectivity index (χ3v) is 6.10. The Bertz CT molecular complexity index is 1230. The van der Waals surface area contributed by atoms with Crippen LogP contribution in [0.3, 0.4) is 0 Å². The zero-order chi connectivity index (χ0) is 21.4. The molecule has 0 radical (unpaired) electrons. The third kappa shape index (κ3) is 3.33. The summed E-state index contributed by atoms with van der Waals surface area (Å²) in [4.78, 5) is 4.94. The molecule has 1 aliphatic rings. The summed E-state index contributed by atoms with van der Waals surface area (Å²) in [6.07, 6.45) is 3.69. The fourth-order valence-electron chi connectivity index (χ4n) is 4.35. The van der Waals surface area contributed by atoms with Gasteiger partial charge in [-0.25, -0.2) is 4.68 Å². The number of rotatable bonds is 5. The predicted octanol–water partition coefficient (Wildman–Crippen LogP) is 3.13. The van der Waals surface area contributed by atoms with Crippen LogP contribution in [0.4, 0.5) is 5.69 Å². The summed E-state index contributed by atoms with van der Waals surface area (Å²) in [7, 11) is 3.25. The predicted molar refractivity (Wildman–Crippen MR) is 122 cm³/mol. The molecule has 31 heavy (non-hydrogen) atoms. The summed E-state index contributed by atoms with van der Waals surface area (Å²) < 4.78 is 12.9. The summed E-state index contributed by atoms with van der Waals surface area (Å²) in [5.41, 5.74) is 3.85. The van der Waals surface area contributed by atoms with E-state index in [1.807, 2.05) is 23.0 Å². The number of piperazine rings is 1. The number of benzene rings is 2. The first-order valence-electron chi connectivity index (χ1n) is 10.5. The van der Waals surface area contributed by atoms with E-state index in [1.54, 1.807) is 20.4 Å². The number of fused-ring (bicyclic) bond motifs is 2. The van der Waals surface area contributed by atoms with E-state index in [0.717, 1.165) is 60.2 Å². The van der Waals surface area contributed by atoms with E-state index in [2.05, 4.69) is 45.1 Å². The van der Waals surface area contributed by atoms with Crippen LogP contribution in [0.1, 0.15) is 6.92 Å². The smallest absolute Gasteiger partial charge is 0.162 e.